The third-order valence-corrected chi connectivity index (χ3v) is 2.58. The molecule has 1 N–H and O–H groups in total. The number of aromatic nitrogens is 1. The first-order chi connectivity index (χ1) is 6.24. The van der Waals surface area contributed by atoms with Gasteiger partial charge in [-0.05, 0) is 31.5 Å². The van der Waals surface area contributed by atoms with Crippen molar-refractivity contribution >= 4 is 5.52 Å². The first kappa shape index (κ1) is 8.32. The van der Waals surface area contributed by atoms with E-state index in [9.17, 15) is 0 Å². The van der Waals surface area contributed by atoms with Crippen LogP contribution in [0.15, 0.2) is 24.4 Å². The third kappa shape index (κ3) is 1.14. The van der Waals surface area contributed by atoms with Gasteiger partial charge in [-0.25, -0.2) is 0 Å². The monoisotopic (exact) mass is 175 g/mol. The Morgan fingerprint density at radius 2 is 2.15 bits per heavy atom. The fraction of sp³-hybridized carbons (Fsp3) is 0.273. The Balaban J connectivity index is 2.84. The fourth-order valence-electron chi connectivity index (χ4n) is 1.65. The van der Waals surface area contributed by atoms with E-state index in [1.807, 2.05) is 18.3 Å². The first-order valence-corrected chi connectivity index (χ1v) is 4.41. The summed E-state index contributed by atoms with van der Waals surface area (Å²) >= 11 is 0. The second-order valence-corrected chi connectivity index (χ2v) is 3.36. The van der Waals surface area contributed by atoms with E-state index in [1.165, 1.54) is 11.3 Å². The van der Waals surface area contributed by atoms with Crippen LogP contribution in [0.2, 0.25) is 0 Å². The average molecular weight is 175 g/mol. The summed E-state index contributed by atoms with van der Waals surface area (Å²) in [6, 6.07) is 6.03. The maximum Gasteiger partial charge on any atom is 0.0702 e. The zero-order valence-corrected chi connectivity index (χ0v) is 7.91. The Morgan fingerprint density at radius 3 is 2.85 bits per heavy atom. The summed E-state index contributed by atoms with van der Waals surface area (Å²) in [6.45, 7) is 4.28. The van der Waals surface area contributed by atoms with Crippen molar-refractivity contribution in [3.63, 3.8) is 0 Å². The van der Waals surface area contributed by atoms with Crippen LogP contribution in [0.1, 0.15) is 16.8 Å². The highest BCUT2D eigenvalue weighted by atomic mass is 16.3. The molecular weight excluding hydrogens is 162 g/mol. The smallest absolute Gasteiger partial charge is 0.0702 e. The summed E-state index contributed by atoms with van der Waals surface area (Å²) in [5, 5.41) is 9.12. The lowest BCUT2D eigenvalue weighted by Crippen LogP contribution is -1.91. The summed E-state index contributed by atoms with van der Waals surface area (Å²) in [4.78, 5) is 0. The molecule has 0 spiro atoms. The van der Waals surface area contributed by atoms with Gasteiger partial charge in [0, 0.05) is 17.5 Å². The Hall–Kier alpha value is -1.28. The molecule has 2 heteroatoms. The molecule has 68 valence electrons. The van der Waals surface area contributed by atoms with Gasteiger partial charge in [-0.1, -0.05) is 6.07 Å². The average Bonchev–Trinajstić information content (AvgIpc) is 2.43. The topological polar surface area (TPSA) is 24.6 Å². The van der Waals surface area contributed by atoms with Crippen LogP contribution in [0, 0.1) is 13.8 Å². The van der Waals surface area contributed by atoms with Crippen molar-refractivity contribution in [1.82, 2.24) is 4.40 Å². The van der Waals surface area contributed by atoms with E-state index in [4.69, 9.17) is 5.11 Å². The molecule has 0 amide bonds. The van der Waals surface area contributed by atoms with E-state index in [0.29, 0.717) is 0 Å². The number of rotatable bonds is 1. The molecule has 0 saturated carbocycles. The van der Waals surface area contributed by atoms with Crippen molar-refractivity contribution < 1.29 is 5.11 Å². The van der Waals surface area contributed by atoms with Gasteiger partial charge >= 0.3 is 0 Å². The maximum atomic E-state index is 9.12. The minimum Gasteiger partial charge on any atom is -0.392 e. The van der Waals surface area contributed by atoms with Crippen LogP contribution in [0.4, 0.5) is 0 Å². The van der Waals surface area contributed by atoms with Crippen molar-refractivity contribution in [3.8, 4) is 0 Å². The molecule has 2 rings (SSSR count). The minimum atomic E-state index is 0.104. The molecule has 0 aliphatic carbocycles. The van der Waals surface area contributed by atoms with Gasteiger partial charge in [-0.3, -0.25) is 0 Å². The van der Waals surface area contributed by atoms with Gasteiger partial charge in [0.15, 0.2) is 0 Å². The van der Waals surface area contributed by atoms with E-state index in [-0.39, 0.29) is 6.61 Å². The Bertz CT molecular complexity index is 443. The van der Waals surface area contributed by atoms with Crippen molar-refractivity contribution in [2.24, 2.45) is 0 Å². The van der Waals surface area contributed by atoms with Crippen LogP contribution in [-0.4, -0.2) is 9.51 Å². The second-order valence-electron chi connectivity index (χ2n) is 3.36. The summed E-state index contributed by atoms with van der Waals surface area (Å²) < 4.78 is 2.11. The van der Waals surface area contributed by atoms with Crippen molar-refractivity contribution in [2.75, 3.05) is 0 Å². The second kappa shape index (κ2) is 2.89. The van der Waals surface area contributed by atoms with Crippen molar-refractivity contribution in [2.45, 2.75) is 20.5 Å². The summed E-state index contributed by atoms with van der Waals surface area (Å²) in [5.41, 5.74) is 4.60. The van der Waals surface area contributed by atoms with Crippen LogP contribution < -0.4 is 0 Å². The minimum absolute atomic E-state index is 0.104. The lowest BCUT2D eigenvalue weighted by molar-refractivity contribution is 0.283. The highest BCUT2D eigenvalue weighted by molar-refractivity contribution is 5.59. The van der Waals surface area contributed by atoms with E-state index in [0.717, 1.165) is 11.1 Å². The molecule has 0 aromatic carbocycles. The van der Waals surface area contributed by atoms with Crippen molar-refractivity contribution in [3.05, 3.63) is 41.2 Å². The van der Waals surface area contributed by atoms with Crippen LogP contribution in [0.5, 0.6) is 0 Å². The SMILES string of the molecule is Cc1cc2c(CO)cccn2c1C. The number of aryl methyl sites for hydroxylation is 2. The van der Waals surface area contributed by atoms with Crippen LogP contribution in [0.3, 0.4) is 0 Å². The molecule has 2 aromatic heterocycles. The molecule has 0 fully saturated rings. The molecule has 0 radical (unpaired) electrons. The third-order valence-electron chi connectivity index (χ3n) is 2.58. The van der Waals surface area contributed by atoms with Crippen LogP contribution in [0.25, 0.3) is 5.52 Å². The standard InChI is InChI=1S/C11H13NO/c1-8-6-11-10(7-13)4-3-5-12(11)9(8)2/h3-6,13H,7H2,1-2H3. The molecule has 2 aromatic rings. The largest absolute Gasteiger partial charge is 0.392 e. The fourth-order valence-corrected chi connectivity index (χ4v) is 1.65. The summed E-state index contributed by atoms with van der Waals surface area (Å²) in [7, 11) is 0. The molecular formula is C11H13NO. The molecule has 0 bridgehead atoms. The number of fused-ring (bicyclic) bond motifs is 1. The van der Waals surface area contributed by atoms with Gasteiger partial charge in [0.05, 0.1) is 12.1 Å². The predicted molar refractivity (Wildman–Crippen MR) is 52.8 cm³/mol. The normalized spacial score (nSPS) is 11.0. The molecule has 0 aliphatic heterocycles. The van der Waals surface area contributed by atoms with Crippen LogP contribution in [-0.2, 0) is 6.61 Å². The van der Waals surface area contributed by atoms with Gasteiger partial charge in [-0.15, -0.1) is 0 Å². The van der Waals surface area contributed by atoms with E-state index < -0.39 is 0 Å². The quantitative estimate of drug-likeness (QED) is 0.704. The highest BCUT2D eigenvalue weighted by Gasteiger charge is 2.04. The molecule has 2 heterocycles. The number of aliphatic hydroxyl groups is 1. The number of hydrogen-bond acceptors (Lipinski definition) is 1. The van der Waals surface area contributed by atoms with Gasteiger partial charge in [0.1, 0.15) is 0 Å². The van der Waals surface area contributed by atoms with E-state index >= 15 is 0 Å². The molecule has 0 aliphatic rings. The van der Waals surface area contributed by atoms with Crippen LogP contribution >= 0.6 is 0 Å². The maximum absolute atomic E-state index is 9.12. The Kier molecular flexibility index (Phi) is 1.85. The number of pyridine rings is 1. The van der Waals surface area contributed by atoms with Gasteiger partial charge in [-0.2, -0.15) is 0 Å². The molecule has 0 saturated heterocycles. The number of hydrogen-bond donors (Lipinski definition) is 1. The van der Waals surface area contributed by atoms with Gasteiger partial charge < -0.3 is 9.51 Å². The molecule has 0 atom stereocenters. The molecule has 2 nitrogen and oxygen atoms in total. The molecule has 13 heavy (non-hydrogen) atoms. The zero-order chi connectivity index (χ0) is 9.42. The summed E-state index contributed by atoms with van der Waals surface area (Å²) in [6.07, 6.45) is 2.02. The Morgan fingerprint density at radius 1 is 1.38 bits per heavy atom. The Labute approximate surface area is 77.4 Å². The van der Waals surface area contributed by atoms with E-state index in [2.05, 4.69) is 24.3 Å². The number of nitrogens with zero attached hydrogens (tertiary/aromatic N) is 1. The summed E-state index contributed by atoms with van der Waals surface area (Å²) in [5.74, 6) is 0. The number of aliphatic hydroxyl groups excluding tert-OH is 1. The first-order valence-electron chi connectivity index (χ1n) is 4.41. The lowest BCUT2D eigenvalue weighted by Gasteiger charge is -2.01. The van der Waals surface area contributed by atoms with Crippen molar-refractivity contribution in [1.29, 1.82) is 0 Å². The predicted octanol–water partition coefficient (Wildman–Crippen LogP) is 2.05. The molecule has 0 unspecified atom stereocenters. The highest BCUT2D eigenvalue weighted by Crippen LogP contribution is 2.18. The van der Waals surface area contributed by atoms with Gasteiger partial charge in [0.2, 0.25) is 0 Å². The van der Waals surface area contributed by atoms with E-state index in [1.54, 1.807) is 0 Å². The zero-order valence-electron chi connectivity index (χ0n) is 7.91. The lowest BCUT2D eigenvalue weighted by atomic mass is 10.2. The van der Waals surface area contributed by atoms with Gasteiger partial charge in [0.25, 0.3) is 0 Å².